The number of hydrogen-bond acceptors (Lipinski definition) is 3. The average Bonchev–Trinajstić information content (AvgIpc) is 2.45. The third-order valence-electron chi connectivity index (χ3n) is 4.31. The van der Waals surface area contributed by atoms with Crippen molar-refractivity contribution in [2.45, 2.75) is 71.6 Å². The first-order chi connectivity index (χ1) is 10.0. The van der Waals surface area contributed by atoms with Crippen molar-refractivity contribution in [3.05, 3.63) is 0 Å². The fourth-order valence-electron chi connectivity index (χ4n) is 3.00. The number of rotatable bonds is 9. The van der Waals surface area contributed by atoms with E-state index in [4.69, 9.17) is 9.84 Å². The number of hydrogen-bond donors (Lipinski definition) is 1. The molecule has 2 unspecified atom stereocenters. The summed E-state index contributed by atoms with van der Waals surface area (Å²) in [6.07, 6.45) is 8.71. The molecule has 1 aliphatic carbocycles. The maximum Gasteiger partial charge on any atom is 0.309 e. The number of esters is 1. The Morgan fingerprint density at radius 1 is 1.05 bits per heavy atom. The normalized spacial score (nSPS) is 22.2. The van der Waals surface area contributed by atoms with Crippen molar-refractivity contribution in [1.29, 1.82) is 0 Å². The van der Waals surface area contributed by atoms with Gasteiger partial charge in [0.25, 0.3) is 0 Å². The first-order valence-corrected chi connectivity index (χ1v) is 8.41. The fraction of sp³-hybridized carbons (Fsp3) is 0.882. The molecule has 1 saturated carbocycles. The smallest absolute Gasteiger partial charge is 0.309 e. The van der Waals surface area contributed by atoms with Crippen LogP contribution in [0.5, 0.6) is 0 Å². The molecule has 21 heavy (non-hydrogen) atoms. The Hall–Kier alpha value is -1.06. The van der Waals surface area contributed by atoms with Crippen LogP contribution in [0.1, 0.15) is 71.6 Å². The summed E-state index contributed by atoms with van der Waals surface area (Å²) in [5.74, 6) is -1.38. The summed E-state index contributed by atoms with van der Waals surface area (Å²) in [4.78, 5) is 23.2. The van der Waals surface area contributed by atoms with Gasteiger partial charge >= 0.3 is 11.9 Å². The highest BCUT2D eigenvalue weighted by atomic mass is 16.5. The standard InChI is InChI=1S/C17H30O4/c1-13(2)9-5-3-4-8-12-21-17(20)15-11-7-6-10-14(15)16(18)19/h13-15H,3-12H2,1-2H3,(H,18,19). The lowest BCUT2D eigenvalue weighted by Crippen LogP contribution is -2.33. The number of carbonyl (C=O) groups is 2. The third-order valence-corrected chi connectivity index (χ3v) is 4.31. The van der Waals surface area contributed by atoms with Crippen LogP contribution in [-0.4, -0.2) is 23.7 Å². The molecule has 122 valence electrons. The van der Waals surface area contributed by atoms with E-state index in [0.29, 0.717) is 19.4 Å². The van der Waals surface area contributed by atoms with E-state index in [-0.39, 0.29) is 5.97 Å². The Labute approximate surface area is 128 Å². The quantitative estimate of drug-likeness (QED) is 0.515. The summed E-state index contributed by atoms with van der Waals surface area (Å²) in [6, 6.07) is 0. The predicted octanol–water partition coefficient (Wildman–Crippen LogP) is 4.03. The third kappa shape index (κ3) is 6.96. The number of unbranched alkanes of at least 4 members (excludes halogenated alkanes) is 3. The van der Waals surface area contributed by atoms with Gasteiger partial charge in [-0.05, 0) is 25.2 Å². The molecule has 1 N–H and O–H groups in total. The van der Waals surface area contributed by atoms with Crippen LogP contribution in [0.3, 0.4) is 0 Å². The zero-order valence-corrected chi connectivity index (χ0v) is 13.5. The van der Waals surface area contributed by atoms with Crippen LogP contribution < -0.4 is 0 Å². The van der Waals surface area contributed by atoms with Crippen molar-refractivity contribution < 1.29 is 19.4 Å². The van der Waals surface area contributed by atoms with Gasteiger partial charge in [-0.1, -0.05) is 52.4 Å². The van der Waals surface area contributed by atoms with Crippen molar-refractivity contribution >= 4 is 11.9 Å². The van der Waals surface area contributed by atoms with Crippen molar-refractivity contribution in [1.82, 2.24) is 0 Å². The molecule has 0 saturated heterocycles. The van der Waals surface area contributed by atoms with Crippen LogP contribution in [0.4, 0.5) is 0 Å². The van der Waals surface area contributed by atoms with Crippen LogP contribution in [0.15, 0.2) is 0 Å². The number of carboxylic acids is 1. The lowest BCUT2D eigenvalue weighted by Gasteiger charge is -2.26. The van der Waals surface area contributed by atoms with Gasteiger partial charge in [0.05, 0.1) is 18.4 Å². The van der Waals surface area contributed by atoms with Crippen molar-refractivity contribution in [3.63, 3.8) is 0 Å². The number of aliphatic carboxylic acids is 1. The Morgan fingerprint density at radius 2 is 1.67 bits per heavy atom. The lowest BCUT2D eigenvalue weighted by atomic mass is 9.79. The summed E-state index contributed by atoms with van der Waals surface area (Å²) in [6.45, 7) is 4.89. The van der Waals surface area contributed by atoms with Gasteiger partial charge in [-0.25, -0.2) is 0 Å². The van der Waals surface area contributed by atoms with E-state index < -0.39 is 17.8 Å². The lowest BCUT2D eigenvalue weighted by molar-refractivity contribution is -0.159. The molecule has 1 rings (SSSR count). The number of ether oxygens (including phenoxy) is 1. The van der Waals surface area contributed by atoms with Crippen LogP contribution >= 0.6 is 0 Å². The van der Waals surface area contributed by atoms with Gasteiger partial charge < -0.3 is 9.84 Å². The van der Waals surface area contributed by atoms with Crippen LogP contribution in [-0.2, 0) is 14.3 Å². The summed E-state index contributed by atoms with van der Waals surface area (Å²) in [7, 11) is 0. The van der Waals surface area contributed by atoms with Crippen molar-refractivity contribution in [3.8, 4) is 0 Å². The van der Waals surface area contributed by atoms with Crippen LogP contribution in [0, 0.1) is 17.8 Å². The van der Waals surface area contributed by atoms with Crippen molar-refractivity contribution in [2.24, 2.45) is 17.8 Å². The van der Waals surface area contributed by atoms with Crippen LogP contribution in [0.25, 0.3) is 0 Å². The van der Waals surface area contributed by atoms with E-state index in [0.717, 1.165) is 31.6 Å². The summed E-state index contributed by atoms with van der Waals surface area (Å²) in [5.41, 5.74) is 0. The second-order valence-corrected chi connectivity index (χ2v) is 6.60. The number of carboxylic acid groups (broad SMARTS) is 1. The van der Waals surface area contributed by atoms with E-state index in [1.54, 1.807) is 0 Å². The molecule has 0 radical (unpaired) electrons. The molecule has 0 amide bonds. The summed E-state index contributed by atoms with van der Waals surface area (Å²) < 4.78 is 5.29. The zero-order valence-electron chi connectivity index (χ0n) is 13.5. The Balaban J connectivity index is 2.16. The average molecular weight is 298 g/mol. The van der Waals surface area contributed by atoms with Gasteiger partial charge in [0.2, 0.25) is 0 Å². The van der Waals surface area contributed by atoms with Crippen LogP contribution in [0.2, 0.25) is 0 Å². The molecule has 4 nitrogen and oxygen atoms in total. The number of carbonyl (C=O) groups excluding carboxylic acids is 1. The molecule has 2 atom stereocenters. The van der Waals surface area contributed by atoms with E-state index in [1.165, 1.54) is 19.3 Å². The Bertz CT molecular complexity index is 325. The molecule has 0 heterocycles. The first-order valence-electron chi connectivity index (χ1n) is 8.41. The van der Waals surface area contributed by atoms with Gasteiger partial charge in [0, 0.05) is 0 Å². The summed E-state index contributed by atoms with van der Waals surface area (Å²) >= 11 is 0. The highest BCUT2D eigenvalue weighted by molar-refractivity contribution is 5.81. The highest BCUT2D eigenvalue weighted by Crippen LogP contribution is 2.31. The minimum absolute atomic E-state index is 0.302. The minimum Gasteiger partial charge on any atom is -0.481 e. The van der Waals surface area contributed by atoms with Gasteiger partial charge in [-0.3, -0.25) is 9.59 Å². The molecule has 0 aliphatic heterocycles. The predicted molar refractivity (Wildman–Crippen MR) is 82.0 cm³/mol. The molecule has 0 bridgehead atoms. The fourth-order valence-corrected chi connectivity index (χ4v) is 3.00. The molecule has 0 spiro atoms. The Kier molecular flexibility index (Phi) is 8.40. The molecule has 1 fully saturated rings. The highest BCUT2D eigenvalue weighted by Gasteiger charge is 2.36. The van der Waals surface area contributed by atoms with E-state index in [2.05, 4.69) is 13.8 Å². The second-order valence-electron chi connectivity index (χ2n) is 6.60. The van der Waals surface area contributed by atoms with Crippen molar-refractivity contribution in [2.75, 3.05) is 6.61 Å². The Morgan fingerprint density at radius 3 is 2.29 bits per heavy atom. The van der Waals surface area contributed by atoms with E-state index in [1.807, 2.05) is 0 Å². The molecular weight excluding hydrogens is 268 g/mol. The second kappa shape index (κ2) is 9.80. The van der Waals surface area contributed by atoms with E-state index >= 15 is 0 Å². The van der Waals surface area contributed by atoms with Gasteiger partial charge in [-0.15, -0.1) is 0 Å². The maximum atomic E-state index is 12.0. The molecule has 1 aliphatic rings. The SMILES string of the molecule is CC(C)CCCCCCOC(=O)C1CCCCC1C(=O)O. The maximum absolute atomic E-state index is 12.0. The minimum atomic E-state index is -0.856. The summed E-state index contributed by atoms with van der Waals surface area (Å²) in [5, 5.41) is 9.16. The molecule has 4 heteroatoms. The van der Waals surface area contributed by atoms with E-state index in [9.17, 15) is 9.59 Å². The molecule has 0 aromatic carbocycles. The zero-order chi connectivity index (χ0) is 15.7. The van der Waals surface area contributed by atoms with Gasteiger partial charge in [-0.2, -0.15) is 0 Å². The first kappa shape index (κ1) is 18.0. The molecule has 0 aromatic heterocycles. The van der Waals surface area contributed by atoms with Gasteiger partial charge in [0.15, 0.2) is 0 Å². The molecule has 0 aromatic rings. The largest absolute Gasteiger partial charge is 0.481 e. The topological polar surface area (TPSA) is 63.6 Å². The van der Waals surface area contributed by atoms with Gasteiger partial charge in [0.1, 0.15) is 0 Å². The monoisotopic (exact) mass is 298 g/mol. The molecular formula is C17H30O4.